The molecule has 2 rings (SSSR count). The zero-order chi connectivity index (χ0) is 15.9. The van der Waals surface area contributed by atoms with Crippen molar-refractivity contribution < 1.29 is 4.79 Å². The molecule has 2 aromatic rings. The van der Waals surface area contributed by atoms with Crippen LogP contribution in [0.5, 0.6) is 0 Å². The van der Waals surface area contributed by atoms with Gasteiger partial charge in [-0.25, -0.2) is 9.97 Å². The van der Waals surface area contributed by atoms with Gasteiger partial charge < -0.3 is 10.6 Å². The molecule has 0 aliphatic carbocycles. The smallest absolute Gasteiger partial charge is 0.270 e. The third-order valence-electron chi connectivity index (χ3n) is 2.81. The quantitative estimate of drug-likeness (QED) is 0.884. The van der Waals surface area contributed by atoms with Crippen molar-refractivity contribution in [3.05, 3.63) is 47.8 Å². The number of nitrogens with one attached hydrogen (secondary N) is 2. The van der Waals surface area contributed by atoms with Gasteiger partial charge in [0.25, 0.3) is 5.91 Å². The van der Waals surface area contributed by atoms with Crippen molar-refractivity contribution in [3.63, 3.8) is 0 Å². The van der Waals surface area contributed by atoms with Crippen LogP contribution in [0.4, 0.5) is 11.6 Å². The lowest BCUT2D eigenvalue weighted by Crippen LogP contribution is -2.28. The average molecular weight is 295 g/mol. The van der Waals surface area contributed by atoms with Crippen LogP contribution in [0, 0.1) is 17.2 Å². The lowest BCUT2D eigenvalue weighted by molar-refractivity contribution is 0.0944. The van der Waals surface area contributed by atoms with Gasteiger partial charge in [-0.15, -0.1) is 0 Å². The Bertz CT molecular complexity index is 706. The fourth-order valence-electron chi connectivity index (χ4n) is 1.73. The molecule has 0 unspecified atom stereocenters. The maximum atomic E-state index is 12.0. The Labute approximate surface area is 129 Å². The molecule has 6 nitrogen and oxygen atoms in total. The van der Waals surface area contributed by atoms with Crippen LogP contribution in [0.3, 0.4) is 0 Å². The van der Waals surface area contributed by atoms with Gasteiger partial charge >= 0.3 is 0 Å². The number of hydrogen-bond donors (Lipinski definition) is 2. The summed E-state index contributed by atoms with van der Waals surface area (Å²) in [6.07, 6.45) is 1.52. The second kappa shape index (κ2) is 7.18. The molecule has 2 N–H and O–H groups in total. The Hall–Kier alpha value is -2.94. The highest BCUT2D eigenvalue weighted by Crippen LogP contribution is 2.14. The number of amides is 1. The minimum atomic E-state index is -0.232. The molecule has 0 saturated carbocycles. The van der Waals surface area contributed by atoms with Crippen LogP contribution in [-0.2, 0) is 0 Å². The third kappa shape index (κ3) is 4.28. The van der Waals surface area contributed by atoms with Crippen LogP contribution in [0.2, 0.25) is 0 Å². The van der Waals surface area contributed by atoms with Crippen molar-refractivity contribution >= 4 is 17.5 Å². The number of nitriles is 1. The number of carbonyl (C=O) groups excluding carboxylic acids is 1. The number of hydrogen-bond acceptors (Lipinski definition) is 5. The second-order valence-electron chi connectivity index (χ2n) is 5.19. The largest absolute Gasteiger partial charge is 0.350 e. The van der Waals surface area contributed by atoms with E-state index < -0.39 is 0 Å². The molecular formula is C16H17N5O. The van der Waals surface area contributed by atoms with E-state index in [2.05, 4.69) is 26.7 Å². The first kappa shape index (κ1) is 15.4. The van der Waals surface area contributed by atoms with E-state index >= 15 is 0 Å². The molecule has 6 heteroatoms. The number of rotatable bonds is 5. The molecule has 0 atom stereocenters. The van der Waals surface area contributed by atoms with E-state index in [-0.39, 0.29) is 5.91 Å². The SMILES string of the molecule is CC(C)CNC(=O)c1ccnc(Nc2cccc(C#N)c2)n1. The van der Waals surface area contributed by atoms with E-state index in [0.717, 1.165) is 0 Å². The zero-order valence-corrected chi connectivity index (χ0v) is 12.5. The Kier molecular flexibility index (Phi) is 5.04. The van der Waals surface area contributed by atoms with Gasteiger partial charge in [0.1, 0.15) is 5.69 Å². The summed E-state index contributed by atoms with van der Waals surface area (Å²) in [5, 5.41) is 14.7. The summed E-state index contributed by atoms with van der Waals surface area (Å²) >= 11 is 0. The monoisotopic (exact) mass is 295 g/mol. The molecule has 1 aromatic carbocycles. The van der Waals surface area contributed by atoms with Gasteiger partial charge in [0.15, 0.2) is 0 Å². The first-order valence-electron chi connectivity index (χ1n) is 6.97. The van der Waals surface area contributed by atoms with Crippen molar-refractivity contribution in [2.24, 2.45) is 5.92 Å². The number of aromatic nitrogens is 2. The van der Waals surface area contributed by atoms with Crippen molar-refractivity contribution in [1.82, 2.24) is 15.3 Å². The van der Waals surface area contributed by atoms with Gasteiger partial charge in [-0.1, -0.05) is 19.9 Å². The molecule has 0 saturated heterocycles. The van der Waals surface area contributed by atoms with Crippen LogP contribution in [0.15, 0.2) is 36.5 Å². The lowest BCUT2D eigenvalue weighted by Gasteiger charge is -2.08. The molecule has 0 aliphatic heterocycles. The molecule has 1 aromatic heterocycles. The number of nitrogens with zero attached hydrogens (tertiary/aromatic N) is 3. The number of benzene rings is 1. The molecule has 112 valence electrons. The van der Waals surface area contributed by atoms with Crippen LogP contribution < -0.4 is 10.6 Å². The van der Waals surface area contributed by atoms with E-state index in [1.807, 2.05) is 13.8 Å². The van der Waals surface area contributed by atoms with E-state index in [0.29, 0.717) is 35.4 Å². The predicted octanol–water partition coefficient (Wildman–Crippen LogP) is 2.48. The van der Waals surface area contributed by atoms with E-state index in [1.54, 1.807) is 30.3 Å². The standard InChI is InChI=1S/C16H17N5O/c1-11(2)10-19-15(22)14-6-7-18-16(21-14)20-13-5-3-4-12(8-13)9-17/h3-8,11H,10H2,1-2H3,(H,19,22)(H,18,20,21). The van der Waals surface area contributed by atoms with Crippen LogP contribution in [0.1, 0.15) is 29.9 Å². The summed E-state index contributed by atoms with van der Waals surface area (Å²) in [6, 6.07) is 10.6. The normalized spacial score (nSPS) is 10.1. The topological polar surface area (TPSA) is 90.7 Å². The van der Waals surface area contributed by atoms with Crippen LogP contribution >= 0.6 is 0 Å². The molecule has 0 radical (unpaired) electrons. The maximum Gasteiger partial charge on any atom is 0.270 e. The van der Waals surface area contributed by atoms with Crippen LogP contribution in [0.25, 0.3) is 0 Å². The molecule has 0 aliphatic rings. The minimum absolute atomic E-state index is 0.232. The second-order valence-corrected chi connectivity index (χ2v) is 5.19. The van der Waals surface area contributed by atoms with Gasteiger partial charge in [0.05, 0.1) is 11.6 Å². The molecule has 1 amide bonds. The summed E-state index contributed by atoms with van der Waals surface area (Å²) in [4.78, 5) is 20.2. The predicted molar refractivity (Wildman–Crippen MR) is 83.6 cm³/mol. The fraction of sp³-hybridized carbons (Fsp3) is 0.250. The first-order chi connectivity index (χ1) is 10.6. The summed E-state index contributed by atoms with van der Waals surface area (Å²) < 4.78 is 0. The summed E-state index contributed by atoms with van der Waals surface area (Å²) in [5.74, 6) is 0.453. The van der Waals surface area contributed by atoms with Gasteiger partial charge in [-0.2, -0.15) is 5.26 Å². The molecule has 0 bridgehead atoms. The molecule has 0 spiro atoms. The molecular weight excluding hydrogens is 278 g/mol. The summed E-state index contributed by atoms with van der Waals surface area (Å²) in [5.41, 5.74) is 1.53. The van der Waals surface area contributed by atoms with Gasteiger partial charge in [0, 0.05) is 18.4 Å². The Morgan fingerprint density at radius 1 is 1.36 bits per heavy atom. The van der Waals surface area contributed by atoms with Gasteiger partial charge in [-0.3, -0.25) is 4.79 Å². The third-order valence-corrected chi connectivity index (χ3v) is 2.81. The van der Waals surface area contributed by atoms with Crippen molar-refractivity contribution in [2.45, 2.75) is 13.8 Å². The van der Waals surface area contributed by atoms with E-state index in [1.165, 1.54) is 6.20 Å². The van der Waals surface area contributed by atoms with E-state index in [4.69, 9.17) is 5.26 Å². The number of carbonyl (C=O) groups is 1. The first-order valence-corrected chi connectivity index (χ1v) is 6.97. The highest BCUT2D eigenvalue weighted by molar-refractivity contribution is 5.92. The van der Waals surface area contributed by atoms with Gasteiger partial charge in [-0.05, 0) is 30.2 Å². The van der Waals surface area contributed by atoms with E-state index in [9.17, 15) is 4.79 Å². The summed E-state index contributed by atoms with van der Waals surface area (Å²) in [7, 11) is 0. The Balaban J connectivity index is 2.11. The summed E-state index contributed by atoms with van der Waals surface area (Å²) in [6.45, 7) is 4.64. The highest BCUT2D eigenvalue weighted by atomic mass is 16.1. The van der Waals surface area contributed by atoms with Crippen LogP contribution in [-0.4, -0.2) is 22.4 Å². The maximum absolute atomic E-state index is 12.0. The lowest BCUT2D eigenvalue weighted by atomic mass is 10.2. The van der Waals surface area contributed by atoms with Gasteiger partial charge in [0.2, 0.25) is 5.95 Å². The van der Waals surface area contributed by atoms with Crippen molar-refractivity contribution in [1.29, 1.82) is 5.26 Å². The minimum Gasteiger partial charge on any atom is -0.350 e. The highest BCUT2D eigenvalue weighted by Gasteiger charge is 2.09. The molecule has 22 heavy (non-hydrogen) atoms. The number of anilines is 2. The molecule has 1 heterocycles. The molecule has 0 fully saturated rings. The van der Waals surface area contributed by atoms with Crippen molar-refractivity contribution in [3.8, 4) is 6.07 Å². The Morgan fingerprint density at radius 2 is 2.18 bits per heavy atom. The average Bonchev–Trinajstić information content (AvgIpc) is 2.53. The zero-order valence-electron chi connectivity index (χ0n) is 12.5. The van der Waals surface area contributed by atoms with Crippen molar-refractivity contribution in [2.75, 3.05) is 11.9 Å². The Morgan fingerprint density at radius 3 is 2.91 bits per heavy atom. The fourth-order valence-corrected chi connectivity index (χ4v) is 1.73.